The Balaban J connectivity index is 1.87. The van der Waals surface area contributed by atoms with Crippen LogP contribution >= 0.6 is 0 Å². The van der Waals surface area contributed by atoms with E-state index in [9.17, 15) is 9.59 Å². The molecule has 1 N–H and O–H groups in total. The Hall–Kier alpha value is -2.22. The molecular formula is C16H19BN2O5. The Morgan fingerprint density at radius 3 is 2.88 bits per heavy atom. The molecule has 0 aromatic heterocycles. The summed E-state index contributed by atoms with van der Waals surface area (Å²) in [4.78, 5) is 25.9. The number of nitrogens with one attached hydrogen (secondary N) is 1. The van der Waals surface area contributed by atoms with Gasteiger partial charge in [-0.2, -0.15) is 0 Å². The first-order valence-electron chi connectivity index (χ1n) is 7.86. The summed E-state index contributed by atoms with van der Waals surface area (Å²) in [6, 6.07) is 5.22. The number of ether oxygens (including phenoxy) is 3. The predicted molar refractivity (Wildman–Crippen MR) is 88.0 cm³/mol. The molecule has 0 unspecified atom stereocenters. The average molecular weight is 330 g/mol. The topological polar surface area (TPSA) is 77.1 Å². The van der Waals surface area contributed by atoms with Gasteiger partial charge in [0.2, 0.25) is 0 Å². The first-order valence-corrected chi connectivity index (χ1v) is 7.86. The third-order valence-electron chi connectivity index (χ3n) is 4.30. The Kier molecular flexibility index (Phi) is 4.66. The monoisotopic (exact) mass is 330 g/mol. The minimum absolute atomic E-state index is 0.129. The molecule has 7 nitrogen and oxygen atoms in total. The Morgan fingerprint density at radius 2 is 2.17 bits per heavy atom. The highest BCUT2D eigenvalue weighted by atomic mass is 16.5. The average Bonchev–Trinajstić information content (AvgIpc) is 2.59. The first kappa shape index (κ1) is 16.6. The van der Waals surface area contributed by atoms with Crippen molar-refractivity contribution < 1.29 is 23.8 Å². The normalized spacial score (nSPS) is 18.7. The second-order valence-electron chi connectivity index (χ2n) is 5.81. The van der Waals surface area contributed by atoms with E-state index in [2.05, 4.69) is 10.1 Å². The summed E-state index contributed by atoms with van der Waals surface area (Å²) in [5.41, 5.74) is 0.245. The van der Waals surface area contributed by atoms with Gasteiger partial charge in [-0.25, -0.2) is 4.79 Å². The van der Waals surface area contributed by atoms with Crippen molar-refractivity contribution in [2.75, 3.05) is 38.3 Å². The summed E-state index contributed by atoms with van der Waals surface area (Å²) in [5.74, 6) is 0.485. The van der Waals surface area contributed by atoms with Crippen LogP contribution in [0.4, 0.5) is 10.5 Å². The third-order valence-corrected chi connectivity index (χ3v) is 4.30. The van der Waals surface area contributed by atoms with Crippen molar-refractivity contribution in [3.8, 4) is 5.75 Å². The second kappa shape index (κ2) is 6.72. The van der Waals surface area contributed by atoms with Crippen LogP contribution in [0.1, 0.15) is 12.8 Å². The molecule has 3 rings (SSSR count). The van der Waals surface area contributed by atoms with Crippen molar-refractivity contribution in [2.24, 2.45) is 0 Å². The van der Waals surface area contributed by atoms with Crippen LogP contribution in [0.15, 0.2) is 18.2 Å². The number of methoxy groups -OCH3 is 1. The van der Waals surface area contributed by atoms with Crippen molar-refractivity contribution in [1.82, 2.24) is 5.32 Å². The van der Waals surface area contributed by atoms with Crippen molar-refractivity contribution in [2.45, 2.75) is 18.4 Å². The number of rotatable bonds is 3. The summed E-state index contributed by atoms with van der Waals surface area (Å²) in [6.45, 7) is 1.52. The van der Waals surface area contributed by atoms with Crippen LogP contribution in [0, 0.1) is 0 Å². The molecule has 2 radical (unpaired) electrons. The standard InChI is InChI=1S/C16H19BN2O5/c1-22-15(21)18-6-7-19-12-10-11(17)2-3-13(12)24-16(14(19)20)4-8-23-9-5-16/h2-3,10H,4-9H2,1H3,(H,18,21). The zero-order chi connectivity index (χ0) is 17.2. The molecule has 0 bridgehead atoms. The summed E-state index contributed by atoms with van der Waals surface area (Å²) in [5, 5.41) is 2.59. The molecule has 24 heavy (non-hydrogen) atoms. The van der Waals surface area contributed by atoms with E-state index in [1.165, 1.54) is 7.11 Å². The maximum absolute atomic E-state index is 13.1. The van der Waals surface area contributed by atoms with Gasteiger partial charge in [0, 0.05) is 25.9 Å². The highest BCUT2D eigenvalue weighted by molar-refractivity contribution is 6.32. The van der Waals surface area contributed by atoms with Crippen LogP contribution in [-0.4, -0.2) is 58.9 Å². The summed E-state index contributed by atoms with van der Waals surface area (Å²) >= 11 is 0. The molecule has 0 saturated carbocycles. The summed E-state index contributed by atoms with van der Waals surface area (Å²) in [6.07, 6.45) is 0.456. The van der Waals surface area contributed by atoms with Crippen LogP contribution < -0.4 is 20.4 Å². The molecule has 2 aliphatic rings. The van der Waals surface area contributed by atoms with Gasteiger partial charge in [-0.15, -0.1) is 0 Å². The predicted octanol–water partition coefficient (Wildman–Crippen LogP) is 0.111. The van der Waals surface area contributed by atoms with Crippen molar-refractivity contribution in [1.29, 1.82) is 0 Å². The molecule has 1 fully saturated rings. The molecular weight excluding hydrogens is 311 g/mol. The van der Waals surface area contributed by atoms with E-state index in [4.69, 9.17) is 17.3 Å². The highest BCUT2D eigenvalue weighted by Crippen LogP contribution is 2.40. The minimum Gasteiger partial charge on any atom is -0.475 e. The number of carbonyl (C=O) groups excluding carboxylic acids is 2. The molecule has 2 aliphatic heterocycles. The van der Waals surface area contributed by atoms with Gasteiger partial charge in [-0.1, -0.05) is 11.5 Å². The van der Waals surface area contributed by atoms with E-state index in [1.807, 2.05) is 0 Å². The van der Waals surface area contributed by atoms with Crippen LogP contribution in [-0.2, 0) is 14.3 Å². The zero-order valence-corrected chi connectivity index (χ0v) is 13.5. The summed E-state index contributed by atoms with van der Waals surface area (Å²) in [7, 11) is 7.15. The molecule has 2 amide bonds. The lowest BCUT2D eigenvalue weighted by Gasteiger charge is -2.44. The molecule has 126 valence electrons. The quantitative estimate of drug-likeness (QED) is 0.796. The fourth-order valence-corrected chi connectivity index (χ4v) is 3.02. The number of anilines is 1. The zero-order valence-electron chi connectivity index (χ0n) is 13.5. The lowest BCUT2D eigenvalue weighted by molar-refractivity contribution is -0.144. The Morgan fingerprint density at radius 1 is 1.42 bits per heavy atom. The smallest absolute Gasteiger partial charge is 0.406 e. The van der Waals surface area contributed by atoms with E-state index >= 15 is 0 Å². The van der Waals surface area contributed by atoms with Crippen LogP contribution in [0.3, 0.4) is 0 Å². The van der Waals surface area contributed by atoms with Crippen LogP contribution in [0.5, 0.6) is 5.75 Å². The van der Waals surface area contributed by atoms with E-state index in [-0.39, 0.29) is 12.5 Å². The number of amides is 2. The third kappa shape index (κ3) is 3.06. The lowest BCUT2D eigenvalue weighted by atomic mass is 9.88. The molecule has 1 aromatic rings. The summed E-state index contributed by atoms with van der Waals surface area (Å²) < 4.78 is 16.0. The Labute approximate surface area is 141 Å². The largest absolute Gasteiger partial charge is 0.475 e. The van der Waals surface area contributed by atoms with Gasteiger partial charge in [0.15, 0.2) is 5.60 Å². The van der Waals surface area contributed by atoms with Crippen LogP contribution in [0.25, 0.3) is 0 Å². The molecule has 0 aliphatic carbocycles. The maximum Gasteiger partial charge on any atom is 0.406 e. The van der Waals surface area contributed by atoms with E-state index in [1.54, 1.807) is 23.1 Å². The highest BCUT2D eigenvalue weighted by Gasteiger charge is 2.49. The van der Waals surface area contributed by atoms with Gasteiger partial charge >= 0.3 is 6.09 Å². The number of alkyl carbamates (subject to hydrolysis) is 1. The van der Waals surface area contributed by atoms with Gasteiger partial charge in [-0.05, 0) is 12.1 Å². The van der Waals surface area contributed by atoms with Crippen molar-refractivity contribution in [3.05, 3.63) is 18.2 Å². The van der Waals surface area contributed by atoms with Gasteiger partial charge in [0.1, 0.15) is 13.6 Å². The number of carbonyl (C=O) groups is 2. The van der Waals surface area contributed by atoms with E-state index in [0.717, 1.165) is 0 Å². The minimum atomic E-state index is -0.910. The van der Waals surface area contributed by atoms with Crippen molar-refractivity contribution >= 4 is 31.0 Å². The first-order chi connectivity index (χ1) is 11.6. The fraction of sp³-hybridized carbons (Fsp3) is 0.500. The van der Waals surface area contributed by atoms with Crippen LogP contribution in [0.2, 0.25) is 0 Å². The molecule has 1 saturated heterocycles. The molecule has 2 heterocycles. The molecule has 8 heteroatoms. The van der Waals surface area contributed by atoms with Crippen molar-refractivity contribution in [3.63, 3.8) is 0 Å². The maximum atomic E-state index is 13.1. The number of benzene rings is 1. The van der Waals surface area contributed by atoms with Gasteiger partial charge in [-0.3, -0.25) is 4.79 Å². The van der Waals surface area contributed by atoms with E-state index < -0.39 is 11.7 Å². The number of fused-ring (bicyclic) bond motifs is 1. The number of hydrogen-bond donors (Lipinski definition) is 1. The van der Waals surface area contributed by atoms with Gasteiger partial charge in [0.05, 0.1) is 26.0 Å². The number of hydrogen-bond acceptors (Lipinski definition) is 5. The molecule has 1 aromatic carbocycles. The van der Waals surface area contributed by atoms with E-state index in [0.29, 0.717) is 49.5 Å². The number of nitrogens with zero attached hydrogens (tertiary/aromatic N) is 1. The van der Waals surface area contributed by atoms with Gasteiger partial charge < -0.3 is 24.4 Å². The molecule has 1 spiro atoms. The molecule has 0 atom stereocenters. The Bertz CT molecular complexity index is 645. The fourth-order valence-electron chi connectivity index (χ4n) is 3.02. The second-order valence-corrected chi connectivity index (χ2v) is 5.81. The lowest BCUT2D eigenvalue weighted by Crippen LogP contribution is -2.59. The van der Waals surface area contributed by atoms with Gasteiger partial charge in [0.25, 0.3) is 5.91 Å². The SMILES string of the molecule is [B]c1ccc2c(c1)N(CCNC(=O)OC)C(=O)C1(CCOCC1)O2.